The second kappa shape index (κ2) is 5.53. The first-order valence-electron chi connectivity index (χ1n) is 4.64. The quantitative estimate of drug-likeness (QED) is 0.643. The molecule has 0 aliphatic heterocycles. The van der Waals surface area contributed by atoms with Crippen LogP contribution in [-0.2, 0) is 0 Å². The molecule has 0 radical (unpaired) electrons. The monoisotopic (exact) mass is 286 g/mol. The van der Waals surface area contributed by atoms with Crippen LogP contribution in [0.2, 0.25) is 10.0 Å². The number of rotatable bonds is 3. The third kappa shape index (κ3) is 3.00. The lowest BCUT2D eigenvalue weighted by Crippen LogP contribution is -1.91. The van der Waals surface area contributed by atoms with Crippen LogP contribution in [0.25, 0.3) is 0 Å². The summed E-state index contributed by atoms with van der Waals surface area (Å²) in [7, 11) is 0. The Kier molecular flexibility index (Phi) is 4.04. The van der Waals surface area contributed by atoms with Crippen molar-refractivity contribution in [3.8, 4) is 0 Å². The Hall–Kier alpha value is -1.04. The topological polar surface area (TPSA) is 43.1 Å². The minimum atomic E-state index is 0.556. The van der Waals surface area contributed by atoms with E-state index >= 15 is 0 Å². The van der Waals surface area contributed by atoms with E-state index in [9.17, 15) is 0 Å². The summed E-state index contributed by atoms with van der Waals surface area (Å²) >= 11 is 13.3. The van der Waals surface area contributed by atoms with Crippen LogP contribution in [0.3, 0.4) is 0 Å². The van der Waals surface area contributed by atoms with Gasteiger partial charge in [-0.1, -0.05) is 41.0 Å². The highest BCUT2D eigenvalue weighted by molar-refractivity contribution is 7.98. The van der Waals surface area contributed by atoms with Gasteiger partial charge in [0.25, 0.3) is 0 Å². The Labute approximate surface area is 113 Å². The third-order valence-corrected chi connectivity index (χ3v) is 3.16. The molecule has 0 atom stereocenters. The lowest BCUT2D eigenvalue weighted by Gasteiger charge is -1.99. The normalized spacial score (nSPS) is 11.2. The second-order valence-electron chi connectivity index (χ2n) is 3.07. The van der Waals surface area contributed by atoms with E-state index in [1.165, 1.54) is 18.1 Å². The number of benzene rings is 1. The van der Waals surface area contributed by atoms with Gasteiger partial charge < -0.3 is 0 Å². The van der Waals surface area contributed by atoms with E-state index in [4.69, 9.17) is 23.2 Å². The summed E-state index contributed by atoms with van der Waals surface area (Å²) < 4.78 is 1.58. The van der Waals surface area contributed by atoms with E-state index in [0.717, 1.165) is 5.56 Å². The molecule has 0 saturated heterocycles. The van der Waals surface area contributed by atoms with Crippen LogP contribution in [0.4, 0.5) is 0 Å². The highest BCUT2D eigenvalue weighted by Crippen LogP contribution is 2.19. The predicted molar refractivity (Wildman–Crippen MR) is 71.3 cm³/mol. The van der Waals surface area contributed by atoms with Crippen molar-refractivity contribution in [1.29, 1.82) is 0 Å². The van der Waals surface area contributed by atoms with E-state index in [-0.39, 0.29) is 0 Å². The molecule has 7 heteroatoms. The molecule has 0 fully saturated rings. The van der Waals surface area contributed by atoms with Crippen LogP contribution in [0.1, 0.15) is 5.56 Å². The molecular formula is C10H8Cl2N4S. The first kappa shape index (κ1) is 12.4. The maximum atomic E-state index is 6.02. The summed E-state index contributed by atoms with van der Waals surface area (Å²) in [5.74, 6) is 0. The Bertz CT molecular complexity index is 553. The average Bonchev–Trinajstić information content (AvgIpc) is 2.75. The molecule has 88 valence electrons. The molecule has 0 amide bonds. The molecule has 0 aliphatic rings. The molecular weight excluding hydrogens is 279 g/mol. The number of halogens is 2. The zero-order chi connectivity index (χ0) is 12.3. The van der Waals surface area contributed by atoms with E-state index in [0.29, 0.717) is 15.2 Å². The number of aromatic nitrogens is 3. The summed E-state index contributed by atoms with van der Waals surface area (Å²) in [4.78, 5) is 0. The van der Waals surface area contributed by atoms with E-state index in [1.807, 2.05) is 6.26 Å². The summed E-state index contributed by atoms with van der Waals surface area (Å²) in [5.41, 5.74) is 0.789. The van der Waals surface area contributed by atoms with Crippen LogP contribution in [0.5, 0.6) is 0 Å². The molecule has 0 aliphatic carbocycles. The highest BCUT2D eigenvalue weighted by atomic mass is 35.5. The van der Waals surface area contributed by atoms with Crippen LogP contribution in [-0.4, -0.2) is 27.3 Å². The molecule has 1 aromatic heterocycles. The van der Waals surface area contributed by atoms with Crippen molar-refractivity contribution in [2.75, 3.05) is 6.26 Å². The van der Waals surface area contributed by atoms with Crippen LogP contribution < -0.4 is 0 Å². The Balaban J connectivity index is 2.26. The van der Waals surface area contributed by atoms with E-state index in [1.54, 1.807) is 29.1 Å². The molecule has 0 N–H and O–H groups in total. The van der Waals surface area contributed by atoms with Crippen molar-refractivity contribution < 1.29 is 0 Å². The standard InChI is InChI=1S/C10H8Cl2N4S/c1-17-10-15-13-6-16(10)14-5-7-2-3-8(11)4-9(7)12/h2-6H,1H3/b14-5-. The number of nitrogens with zero attached hydrogens (tertiary/aromatic N) is 4. The third-order valence-electron chi connectivity index (χ3n) is 1.97. The summed E-state index contributed by atoms with van der Waals surface area (Å²) in [6, 6.07) is 5.24. The van der Waals surface area contributed by atoms with Crippen molar-refractivity contribution in [3.05, 3.63) is 40.1 Å². The maximum Gasteiger partial charge on any atom is 0.211 e. The van der Waals surface area contributed by atoms with Gasteiger partial charge in [-0.3, -0.25) is 0 Å². The van der Waals surface area contributed by atoms with Crippen molar-refractivity contribution in [2.45, 2.75) is 5.16 Å². The van der Waals surface area contributed by atoms with Crippen molar-refractivity contribution in [2.24, 2.45) is 5.10 Å². The fraction of sp³-hybridized carbons (Fsp3) is 0.100. The molecule has 17 heavy (non-hydrogen) atoms. The number of thioether (sulfide) groups is 1. The second-order valence-corrected chi connectivity index (χ2v) is 4.69. The van der Waals surface area contributed by atoms with Crippen molar-refractivity contribution in [3.63, 3.8) is 0 Å². The highest BCUT2D eigenvalue weighted by Gasteiger charge is 2.01. The van der Waals surface area contributed by atoms with Gasteiger partial charge in [0.15, 0.2) is 0 Å². The Morgan fingerprint density at radius 1 is 1.41 bits per heavy atom. The van der Waals surface area contributed by atoms with Gasteiger partial charge in [0.05, 0.1) is 11.2 Å². The van der Waals surface area contributed by atoms with Gasteiger partial charge in [0.1, 0.15) is 6.33 Å². The lowest BCUT2D eigenvalue weighted by atomic mass is 10.2. The zero-order valence-corrected chi connectivity index (χ0v) is 11.2. The van der Waals surface area contributed by atoms with E-state index < -0.39 is 0 Å². The first-order chi connectivity index (χ1) is 8.20. The summed E-state index contributed by atoms with van der Waals surface area (Å²) in [6.45, 7) is 0. The molecule has 2 aromatic rings. The van der Waals surface area contributed by atoms with Gasteiger partial charge >= 0.3 is 0 Å². The first-order valence-corrected chi connectivity index (χ1v) is 6.62. The van der Waals surface area contributed by atoms with Gasteiger partial charge in [-0.05, 0) is 18.4 Å². The van der Waals surface area contributed by atoms with E-state index in [2.05, 4.69) is 15.3 Å². The Morgan fingerprint density at radius 3 is 2.94 bits per heavy atom. The molecule has 1 aromatic carbocycles. The van der Waals surface area contributed by atoms with Gasteiger partial charge in [-0.15, -0.1) is 10.2 Å². The Morgan fingerprint density at radius 2 is 2.24 bits per heavy atom. The molecule has 2 rings (SSSR count). The molecule has 4 nitrogen and oxygen atoms in total. The van der Waals surface area contributed by atoms with Gasteiger partial charge in [-0.25, -0.2) is 0 Å². The maximum absolute atomic E-state index is 6.02. The van der Waals surface area contributed by atoms with Crippen molar-refractivity contribution in [1.82, 2.24) is 14.9 Å². The lowest BCUT2D eigenvalue weighted by molar-refractivity contribution is 0.768. The number of hydrogen-bond acceptors (Lipinski definition) is 4. The molecule has 0 bridgehead atoms. The van der Waals surface area contributed by atoms with Crippen LogP contribution >= 0.6 is 35.0 Å². The van der Waals surface area contributed by atoms with Gasteiger partial charge in [0.2, 0.25) is 5.16 Å². The van der Waals surface area contributed by atoms with Crippen LogP contribution in [0, 0.1) is 0 Å². The van der Waals surface area contributed by atoms with Crippen molar-refractivity contribution >= 4 is 41.2 Å². The molecule has 0 unspecified atom stereocenters. The average molecular weight is 287 g/mol. The summed E-state index contributed by atoms with van der Waals surface area (Å²) in [6.07, 6.45) is 5.08. The SMILES string of the molecule is CSc1nncn1/N=C\c1ccc(Cl)cc1Cl. The largest absolute Gasteiger partial charge is 0.211 e. The van der Waals surface area contributed by atoms with Crippen LogP contribution in [0.15, 0.2) is 34.8 Å². The molecule has 0 spiro atoms. The molecule has 1 heterocycles. The number of hydrogen-bond donors (Lipinski definition) is 0. The zero-order valence-electron chi connectivity index (χ0n) is 8.84. The molecule has 0 saturated carbocycles. The smallest absolute Gasteiger partial charge is 0.195 e. The minimum absolute atomic E-state index is 0.556. The van der Waals surface area contributed by atoms with Gasteiger partial charge in [-0.2, -0.15) is 9.78 Å². The predicted octanol–water partition coefficient (Wildman–Crippen LogP) is 3.19. The minimum Gasteiger partial charge on any atom is -0.195 e. The van der Waals surface area contributed by atoms with Gasteiger partial charge in [0, 0.05) is 10.6 Å². The summed E-state index contributed by atoms with van der Waals surface area (Å²) in [5, 5.41) is 13.7. The fourth-order valence-electron chi connectivity index (χ4n) is 1.16. The fourth-order valence-corrected chi connectivity index (χ4v) is 2.03.